The fraction of sp³-hybridized carbons (Fsp3) is 0.261. The Balaban J connectivity index is 1.84. The predicted molar refractivity (Wildman–Crippen MR) is 118 cm³/mol. The number of nitrogens with zero attached hydrogens (tertiary/aromatic N) is 1. The standard InChI is InChI=1S/C23H25NO3S/c1-25-14-15-26-19-7-5-8-20(17-19)27-23-10-6-9-22-21(23)12-11-18(24-22)13-16-28(2,3)4/h5-12,17H,14-15H2,1-4H3. The Hall–Kier alpha value is -2.68. The van der Waals surface area contributed by atoms with Gasteiger partial charge in [0.05, 0.1) is 12.1 Å². The lowest BCUT2D eigenvalue weighted by Crippen LogP contribution is -2.04. The molecule has 0 saturated heterocycles. The maximum atomic E-state index is 6.11. The average Bonchev–Trinajstić information content (AvgIpc) is 2.66. The average molecular weight is 396 g/mol. The Morgan fingerprint density at radius 2 is 1.71 bits per heavy atom. The molecule has 0 spiro atoms. The van der Waals surface area contributed by atoms with E-state index in [9.17, 15) is 0 Å². The summed E-state index contributed by atoms with van der Waals surface area (Å²) in [5, 5.41) is 4.25. The van der Waals surface area contributed by atoms with Crippen LogP contribution in [0.1, 0.15) is 5.69 Å². The number of benzene rings is 2. The van der Waals surface area contributed by atoms with Crippen LogP contribution in [-0.4, -0.2) is 44.1 Å². The SMILES string of the molecule is COCCOc1cccc(Oc2cccc3nc(C#CS(C)(C)C)ccc23)c1. The van der Waals surface area contributed by atoms with Crippen molar-refractivity contribution in [1.29, 1.82) is 0 Å². The minimum absolute atomic E-state index is 0.498. The van der Waals surface area contributed by atoms with Gasteiger partial charge in [-0.1, -0.05) is 12.1 Å². The van der Waals surface area contributed by atoms with E-state index >= 15 is 0 Å². The van der Waals surface area contributed by atoms with Crippen LogP contribution in [0.2, 0.25) is 0 Å². The second-order valence-corrected chi connectivity index (χ2v) is 10.9. The first kappa shape index (κ1) is 20.1. The zero-order valence-corrected chi connectivity index (χ0v) is 17.5. The maximum Gasteiger partial charge on any atom is 0.136 e. The molecule has 0 saturated carbocycles. The number of methoxy groups -OCH3 is 1. The first-order valence-electron chi connectivity index (χ1n) is 8.95. The molecule has 0 aliphatic heterocycles. The van der Waals surface area contributed by atoms with Crippen LogP contribution in [0.5, 0.6) is 17.2 Å². The first-order valence-corrected chi connectivity index (χ1v) is 11.8. The minimum Gasteiger partial charge on any atom is -0.491 e. The van der Waals surface area contributed by atoms with E-state index < -0.39 is 10.0 Å². The van der Waals surface area contributed by atoms with Gasteiger partial charge >= 0.3 is 0 Å². The molecule has 1 aromatic heterocycles. The van der Waals surface area contributed by atoms with E-state index in [1.165, 1.54) is 0 Å². The minimum atomic E-state index is -0.883. The summed E-state index contributed by atoms with van der Waals surface area (Å²) in [7, 11) is 0.769. The summed E-state index contributed by atoms with van der Waals surface area (Å²) in [6, 6.07) is 17.4. The molecule has 2 aromatic carbocycles. The highest BCUT2D eigenvalue weighted by molar-refractivity contribution is 8.35. The number of hydrogen-bond donors (Lipinski definition) is 0. The van der Waals surface area contributed by atoms with Crippen molar-refractivity contribution in [2.75, 3.05) is 39.1 Å². The largest absolute Gasteiger partial charge is 0.491 e. The van der Waals surface area contributed by atoms with Gasteiger partial charge in [-0.2, -0.15) is 10.0 Å². The van der Waals surface area contributed by atoms with Gasteiger partial charge in [-0.15, -0.1) is 0 Å². The van der Waals surface area contributed by atoms with Gasteiger partial charge in [0.1, 0.15) is 29.5 Å². The third-order valence-electron chi connectivity index (χ3n) is 3.77. The summed E-state index contributed by atoms with van der Waals surface area (Å²) in [4.78, 5) is 4.67. The third kappa shape index (κ3) is 5.66. The summed E-state index contributed by atoms with van der Waals surface area (Å²) in [5.74, 6) is 5.39. The van der Waals surface area contributed by atoms with Crippen molar-refractivity contribution >= 4 is 20.9 Å². The Morgan fingerprint density at radius 3 is 2.50 bits per heavy atom. The zero-order chi connectivity index (χ0) is 20.0. The molecule has 0 N–H and O–H groups in total. The maximum absolute atomic E-state index is 6.11. The quantitative estimate of drug-likeness (QED) is 0.432. The summed E-state index contributed by atoms with van der Waals surface area (Å²) in [6.07, 6.45) is 6.50. The normalized spacial score (nSPS) is 11.6. The van der Waals surface area contributed by atoms with Gasteiger partial charge < -0.3 is 14.2 Å². The van der Waals surface area contributed by atoms with Crippen molar-refractivity contribution in [1.82, 2.24) is 4.98 Å². The smallest absolute Gasteiger partial charge is 0.136 e. The van der Waals surface area contributed by atoms with Crippen molar-refractivity contribution in [3.8, 4) is 28.4 Å². The van der Waals surface area contributed by atoms with Gasteiger partial charge in [0.25, 0.3) is 0 Å². The molecule has 0 unspecified atom stereocenters. The second-order valence-electron chi connectivity index (χ2n) is 7.00. The number of rotatable bonds is 6. The van der Waals surface area contributed by atoms with Crippen LogP contribution in [0.3, 0.4) is 0 Å². The number of ether oxygens (including phenoxy) is 3. The highest BCUT2D eigenvalue weighted by atomic mass is 32.3. The second kappa shape index (κ2) is 9.01. The van der Waals surface area contributed by atoms with E-state index in [2.05, 4.69) is 34.9 Å². The summed E-state index contributed by atoms with van der Waals surface area (Å²) < 4.78 is 16.8. The van der Waals surface area contributed by atoms with Crippen LogP contribution >= 0.6 is 10.0 Å². The van der Waals surface area contributed by atoms with Crippen LogP contribution in [0, 0.1) is 11.2 Å². The Morgan fingerprint density at radius 1 is 0.929 bits per heavy atom. The van der Waals surface area contributed by atoms with Crippen LogP contribution < -0.4 is 9.47 Å². The van der Waals surface area contributed by atoms with E-state index in [-0.39, 0.29) is 0 Å². The van der Waals surface area contributed by atoms with Gasteiger partial charge in [-0.3, -0.25) is 0 Å². The molecule has 1 heterocycles. The molecule has 28 heavy (non-hydrogen) atoms. The van der Waals surface area contributed by atoms with Gasteiger partial charge in [0.2, 0.25) is 0 Å². The number of hydrogen-bond acceptors (Lipinski definition) is 4. The summed E-state index contributed by atoms with van der Waals surface area (Å²) >= 11 is 0. The third-order valence-corrected chi connectivity index (χ3v) is 4.48. The Kier molecular flexibility index (Phi) is 6.45. The lowest BCUT2D eigenvalue weighted by atomic mass is 10.2. The van der Waals surface area contributed by atoms with Crippen molar-refractivity contribution in [3.63, 3.8) is 0 Å². The number of aromatic nitrogens is 1. The van der Waals surface area contributed by atoms with Crippen molar-refractivity contribution in [2.24, 2.45) is 0 Å². The fourth-order valence-corrected chi connectivity index (χ4v) is 2.90. The highest BCUT2D eigenvalue weighted by Gasteiger charge is 2.07. The molecule has 3 rings (SSSR count). The molecule has 0 bridgehead atoms. The van der Waals surface area contributed by atoms with Crippen molar-refractivity contribution in [2.45, 2.75) is 0 Å². The van der Waals surface area contributed by atoms with E-state index in [0.717, 1.165) is 28.1 Å². The molecular weight excluding hydrogens is 370 g/mol. The molecule has 5 heteroatoms. The van der Waals surface area contributed by atoms with Gasteiger partial charge in [-0.05, 0) is 66.3 Å². The zero-order valence-electron chi connectivity index (χ0n) is 16.7. The molecule has 146 valence electrons. The van der Waals surface area contributed by atoms with Gasteiger partial charge in [-0.25, -0.2) is 4.98 Å². The van der Waals surface area contributed by atoms with Crippen LogP contribution in [0.4, 0.5) is 0 Å². The molecule has 0 aliphatic rings. The topological polar surface area (TPSA) is 40.6 Å². The molecular formula is C23H25NO3S. The van der Waals surface area contributed by atoms with Crippen LogP contribution in [0.25, 0.3) is 10.9 Å². The molecule has 0 fully saturated rings. The van der Waals surface area contributed by atoms with E-state index in [1.54, 1.807) is 7.11 Å². The fourth-order valence-electron chi connectivity index (χ4n) is 2.49. The Labute approximate surface area is 168 Å². The Bertz CT molecular complexity index is 1020. The first-order chi connectivity index (χ1) is 13.4. The summed E-state index contributed by atoms with van der Waals surface area (Å²) in [6.45, 7) is 1.04. The lowest BCUT2D eigenvalue weighted by molar-refractivity contribution is 0.146. The molecule has 4 nitrogen and oxygen atoms in total. The number of pyridine rings is 1. The van der Waals surface area contributed by atoms with Gasteiger partial charge in [0, 0.05) is 18.6 Å². The van der Waals surface area contributed by atoms with Crippen LogP contribution in [-0.2, 0) is 4.74 Å². The molecule has 3 aromatic rings. The lowest BCUT2D eigenvalue weighted by Gasteiger charge is -2.14. The number of fused-ring (bicyclic) bond motifs is 1. The highest BCUT2D eigenvalue weighted by Crippen LogP contribution is 2.33. The molecule has 0 atom stereocenters. The predicted octanol–water partition coefficient (Wildman–Crippen LogP) is 5.06. The van der Waals surface area contributed by atoms with Crippen molar-refractivity contribution in [3.05, 3.63) is 60.3 Å². The van der Waals surface area contributed by atoms with Crippen molar-refractivity contribution < 1.29 is 14.2 Å². The van der Waals surface area contributed by atoms with Gasteiger partial charge in [0.15, 0.2) is 0 Å². The molecule has 0 amide bonds. The van der Waals surface area contributed by atoms with E-state index in [4.69, 9.17) is 14.2 Å². The molecule has 0 aliphatic carbocycles. The summed E-state index contributed by atoms with van der Waals surface area (Å²) in [5.41, 5.74) is 1.64. The van der Waals surface area contributed by atoms with E-state index in [1.807, 2.05) is 54.6 Å². The monoisotopic (exact) mass is 395 g/mol. The van der Waals surface area contributed by atoms with E-state index in [0.29, 0.717) is 19.0 Å². The molecule has 0 radical (unpaired) electrons. The van der Waals surface area contributed by atoms with Crippen LogP contribution in [0.15, 0.2) is 54.6 Å².